The molecule has 1 aromatic carbocycles. The van der Waals surface area contributed by atoms with E-state index in [2.05, 4.69) is 15.2 Å². The number of hydrogen-bond donors (Lipinski definition) is 3. The molecule has 0 saturated carbocycles. The van der Waals surface area contributed by atoms with Crippen LogP contribution < -0.4 is 5.73 Å². The van der Waals surface area contributed by atoms with Gasteiger partial charge in [0.15, 0.2) is 11.6 Å². The van der Waals surface area contributed by atoms with Crippen LogP contribution in [0.3, 0.4) is 0 Å². The first-order valence-corrected chi connectivity index (χ1v) is 6.17. The predicted molar refractivity (Wildman–Crippen MR) is 71.2 cm³/mol. The molecule has 0 saturated heterocycles. The van der Waals surface area contributed by atoms with Crippen molar-refractivity contribution in [2.75, 3.05) is 5.73 Å². The van der Waals surface area contributed by atoms with Crippen LogP contribution in [0.25, 0.3) is 22.1 Å². The van der Waals surface area contributed by atoms with Crippen molar-refractivity contribution >= 4 is 17.0 Å². The van der Waals surface area contributed by atoms with Gasteiger partial charge in [0, 0.05) is 5.56 Å². The van der Waals surface area contributed by atoms with Crippen LogP contribution in [0.4, 0.5) is 5.69 Å². The Morgan fingerprint density at radius 2 is 2.17 bits per heavy atom. The number of nitrogens with one attached hydrogen (secondary N) is 1. The van der Waals surface area contributed by atoms with Crippen LogP contribution in [0.1, 0.15) is 0 Å². The zero-order valence-electron chi connectivity index (χ0n) is 9.29. The molecule has 4 N–H and O–H groups in total. The number of rotatable bonds is 2. The van der Waals surface area contributed by atoms with E-state index in [4.69, 9.17) is 5.73 Å². The fourth-order valence-electron chi connectivity index (χ4n) is 1.60. The fraction of sp³-hybridized carbons (Fsp3) is 0. The van der Waals surface area contributed by atoms with Crippen LogP contribution in [-0.4, -0.2) is 20.3 Å². The van der Waals surface area contributed by atoms with E-state index in [0.29, 0.717) is 11.5 Å². The maximum atomic E-state index is 9.56. The Morgan fingerprint density at radius 3 is 2.89 bits per heavy atom. The first-order chi connectivity index (χ1) is 8.74. The summed E-state index contributed by atoms with van der Waals surface area (Å²) in [6, 6.07) is 8.88. The average Bonchev–Trinajstić information content (AvgIpc) is 3.01. The molecule has 2 aromatic heterocycles. The van der Waals surface area contributed by atoms with Crippen LogP contribution in [-0.2, 0) is 0 Å². The van der Waals surface area contributed by atoms with Crippen molar-refractivity contribution in [3.05, 3.63) is 35.7 Å². The van der Waals surface area contributed by atoms with Gasteiger partial charge in [0.2, 0.25) is 0 Å². The normalized spacial score (nSPS) is 10.7. The molecule has 0 unspecified atom stereocenters. The lowest BCUT2D eigenvalue weighted by atomic mass is 10.2. The van der Waals surface area contributed by atoms with Gasteiger partial charge in [0.05, 0.1) is 10.6 Å². The number of aromatic hydroxyl groups is 1. The number of phenols is 1. The highest BCUT2D eigenvalue weighted by molar-refractivity contribution is 7.13. The van der Waals surface area contributed by atoms with E-state index in [1.165, 1.54) is 0 Å². The number of aromatic nitrogens is 3. The van der Waals surface area contributed by atoms with Gasteiger partial charge in [-0.25, -0.2) is 4.98 Å². The molecule has 0 aliphatic rings. The maximum Gasteiger partial charge on any atom is 0.181 e. The summed E-state index contributed by atoms with van der Waals surface area (Å²) < 4.78 is 0. The second-order valence-electron chi connectivity index (χ2n) is 3.76. The van der Waals surface area contributed by atoms with Crippen LogP contribution in [0.15, 0.2) is 35.7 Å². The number of hydrogen-bond acceptors (Lipinski definition) is 5. The molecule has 90 valence electrons. The summed E-state index contributed by atoms with van der Waals surface area (Å²) in [5.41, 5.74) is 6.62. The van der Waals surface area contributed by atoms with Gasteiger partial charge >= 0.3 is 0 Å². The number of aromatic amines is 1. The number of H-pyrrole nitrogens is 1. The zero-order valence-corrected chi connectivity index (χ0v) is 10.1. The first kappa shape index (κ1) is 10.8. The second kappa shape index (κ2) is 4.15. The minimum atomic E-state index is 0.0370. The minimum Gasteiger partial charge on any atom is -0.506 e. The standard InChI is InChI=1S/C12H10N4OS/c13-8-4-3-7(6-9(8)17)11-14-12(16-15-11)10-2-1-5-18-10/h1-6,17H,13H2,(H,14,15,16). The van der Waals surface area contributed by atoms with Gasteiger partial charge in [0.1, 0.15) is 5.75 Å². The second-order valence-corrected chi connectivity index (χ2v) is 4.71. The Morgan fingerprint density at radius 1 is 1.28 bits per heavy atom. The van der Waals surface area contributed by atoms with Gasteiger partial charge in [-0.3, -0.25) is 5.10 Å². The minimum absolute atomic E-state index is 0.0370. The number of thiophene rings is 1. The molecular formula is C12H10N4OS. The monoisotopic (exact) mass is 258 g/mol. The van der Waals surface area contributed by atoms with Crippen LogP contribution in [0, 0.1) is 0 Å². The van der Waals surface area contributed by atoms with Crippen LogP contribution >= 0.6 is 11.3 Å². The summed E-state index contributed by atoms with van der Waals surface area (Å²) in [6.07, 6.45) is 0. The number of benzene rings is 1. The third-order valence-corrected chi connectivity index (χ3v) is 3.41. The highest BCUT2D eigenvalue weighted by Crippen LogP contribution is 2.27. The number of nitrogen functional groups attached to an aromatic ring is 1. The van der Waals surface area contributed by atoms with E-state index in [1.807, 2.05) is 17.5 Å². The Bertz CT molecular complexity index is 675. The summed E-state index contributed by atoms with van der Waals surface area (Å²) >= 11 is 1.59. The van der Waals surface area contributed by atoms with Crippen molar-refractivity contribution in [2.24, 2.45) is 0 Å². The van der Waals surface area contributed by atoms with Gasteiger partial charge in [-0.05, 0) is 29.6 Å². The summed E-state index contributed by atoms with van der Waals surface area (Å²) in [6.45, 7) is 0. The highest BCUT2D eigenvalue weighted by Gasteiger charge is 2.09. The summed E-state index contributed by atoms with van der Waals surface area (Å²) in [5.74, 6) is 1.29. The maximum absolute atomic E-state index is 9.56. The van der Waals surface area contributed by atoms with E-state index in [-0.39, 0.29) is 5.75 Å². The Kier molecular flexibility index (Phi) is 2.49. The van der Waals surface area contributed by atoms with Crippen molar-refractivity contribution in [1.82, 2.24) is 15.2 Å². The van der Waals surface area contributed by atoms with Gasteiger partial charge in [0.25, 0.3) is 0 Å². The van der Waals surface area contributed by atoms with Crippen molar-refractivity contribution in [3.8, 4) is 27.8 Å². The molecule has 0 aliphatic carbocycles. The summed E-state index contributed by atoms with van der Waals surface area (Å²) in [4.78, 5) is 5.41. The smallest absolute Gasteiger partial charge is 0.181 e. The molecule has 0 radical (unpaired) electrons. The quantitative estimate of drug-likeness (QED) is 0.486. The zero-order chi connectivity index (χ0) is 12.5. The molecule has 5 nitrogen and oxygen atoms in total. The SMILES string of the molecule is Nc1ccc(-c2n[nH]c(-c3cccs3)n2)cc1O. The summed E-state index contributed by atoms with van der Waals surface area (Å²) in [7, 11) is 0. The number of anilines is 1. The van der Waals surface area contributed by atoms with Crippen LogP contribution in [0.5, 0.6) is 5.75 Å². The third-order valence-electron chi connectivity index (χ3n) is 2.53. The predicted octanol–water partition coefficient (Wildman–Crippen LogP) is 2.49. The number of nitrogens with two attached hydrogens (primary N) is 1. The van der Waals surface area contributed by atoms with Gasteiger partial charge in [-0.1, -0.05) is 6.07 Å². The molecular weight excluding hydrogens is 248 g/mol. The Balaban J connectivity index is 2.00. The number of nitrogens with zero attached hydrogens (tertiary/aromatic N) is 2. The molecule has 0 bridgehead atoms. The topological polar surface area (TPSA) is 87.8 Å². The van der Waals surface area contributed by atoms with Crippen LogP contribution in [0.2, 0.25) is 0 Å². The van der Waals surface area contributed by atoms with Gasteiger partial charge in [-0.2, -0.15) is 5.10 Å². The first-order valence-electron chi connectivity index (χ1n) is 5.29. The Labute approximate surface area is 107 Å². The van der Waals surface area contributed by atoms with E-state index in [9.17, 15) is 5.11 Å². The van der Waals surface area contributed by atoms with Gasteiger partial charge in [-0.15, -0.1) is 11.3 Å². The van der Waals surface area contributed by atoms with E-state index >= 15 is 0 Å². The van der Waals surface area contributed by atoms with Crippen molar-refractivity contribution < 1.29 is 5.11 Å². The lowest BCUT2D eigenvalue weighted by Crippen LogP contribution is -1.87. The lowest BCUT2D eigenvalue weighted by Gasteiger charge is -1.99. The number of phenolic OH excluding ortho intramolecular Hbond substituents is 1. The molecule has 0 amide bonds. The fourth-order valence-corrected chi connectivity index (χ4v) is 2.26. The molecule has 0 atom stereocenters. The molecule has 18 heavy (non-hydrogen) atoms. The lowest BCUT2D eigenvalue weighted by molar-refractivity contribution is 0.478. The molecule has 3 rings (SSSR count). The summed E-state index contributed by atoms with van der Waals surface area (Å²) in [5, 5.41) is 18.6. The largest absolute Gasteiger partial charge is 0.506 e. The van der Waals surface area contributed by atoms with E-state index in [0.717, 1.165) is 16.3 Å². The molecule has 6 heteroatoms. The van der Waals surface area contributed by atoms with E-state index in [1.54, 1.807) is 29.5 Å². The highest BCUT2D eigenvalue weighted by atomic mass is 32.1. The van der Waals surface area contributed by atoms with Crippen molar-refractivity contribution in [2.45, 2.75) is 0 Å². The van der Waals surface area contributed by atoms with Crippen molar-refractivity contribution in [3.63, 3.8) is 0 Å². The molecule has 0 fully saturated rings. The third kappa shape index (κ3) is 1.82. The van der Waals surface area contributed by atoms with E-state index < -0.39 is 0 Å². The Hall–Kier alpha value is -2.34. The van der Waals surface area contributed by atoms with Gasteiger partial charge < -0.3 is 10.8 Å². The molecule has 2 heterocycles. The molecule has 0 spiro atoms. The average molecular weight is 258 g/mol. The van der Waals surface area contributed by atoms with Crippen molar-refractivity contribution in [1.29, 1.82) is 0 Å². The molecule has 3 aromatic rings. The molecule has 0 aliphatic heterocycles.